The predicted molar refractivity (Wildman–Crippen MR) is 114 cm³/mol. The van der Waals surface area contributed by atoms with Crippen LogP contribution < -0.4 is 16.0 Å². The van der Waals surface area contributed by atoms with Crippen molar-refractivity contribution >= 4 is 23.9 Å². The minimum Gasteiger partial charge on any atom is -0.467 e. The third kappa shape index (κ3) is 9.45. The third-order valence-corrected chi connectivity index (χ3v) is 4.29. The molecule has 0 bridgehead atoms. The van der Waals surface area contributed by atoms with Gasteiger partial charge in [-0.3, -0.25) is 9.59 Å². The Hall–Kier alpha value is -2.32. The zero-order valence-electron chi connectivity index (χ0n) is 19.9. The van der Waals surface area contributed by atoms with E-state index in [1.165, 1.54) is 7.11 Å². The molecular formula is C21H39N3O6. The molecule has 0 aromatic rings. The Kier molecular flexibility index (Phi) is 10.9. The van der Waals surface area contributed by atoms with E-state index in [9.17, 15) is 19.2 Å². The maximum atomic E-state index is 12.9. The van der Waals surface area contributed by atoms with Gasteiger partial charge >= 0.3 is 12.1 Å². The summed E-state index contributed by atoms with van der Waals surface area (Å²) in [5.74, 6) is -2.26. The Labute approximate surface area is 180 Å². The first kappa shape index (κ1) is 27.7. The number of alkyl carbamates (subject to hydrolysis) is 1. The Bertz CT molecular complexity index is 610. The molecule has 3 unspecified atom stereocenters. The smallest absolute Gasteiger partial charge is 0.408 e. The fourth-order valence-corrected chi connectivity index (χ4v) is 2.62. The highest BCUT2D eigenvalue weighted by Crippen LogP contribution is 2.11. The topological polar surface area (TPSA) is 123 Å². The fourth-order valence-electron chi connectivity index (χ4n) is 2.62. The van der Waals surface area contributed by atoms with E-state index in [0.717, 1.165) is 0 Å². The van der Waals surface area contributed by atoms with Crippen LogP contribution in [0.2, 0.25) is 0 Å². The summed E-state index contributed by atoms with van der Waals surface area (Å²) < 4.78 is 9.97. The zero-order valence-corrected chi connectivity index (χ0v) is 19.9. The molecule has 0 spiro atoms. The van der Waals surface area contributed by atoms with Gasteiger partial charge in [0.15, 0.2) is 0 Å². The summed E-state index contributed by atoms with van der Waals surface area (Å²) in [6, 6.07) is -2.62. The van der Waals surface area contributed by atoms with Gasteiger partial charge in [0.2, 0.25) is 11.8 Å². The molecule has 0 fully saturated rings. The van der Waals surface area contributed by atoms with Gasteiger partial charge in [-0.05, 0) is 38.5 Å². The number of ether oxygens (including phenoxy) is 2. The maximum absolute atomic E-state index is 12.9. The number of amides is 3. The number of esters is 1. The van der Waals surface area contributed by atoms with E-state index >= 15 is 0 Å². The second-order valence-corrected chi connectivity index (χ2v) is 9.35. The quantitative estimate of drug-likeness (QED) is 0.482. The van der Waals surface area contributed by atoms with Gasteiger partial charge in [0.05, 0.1) is 7.11 Å². The van der Waals surface area contributed by atoms with Crippen molar-refractivity contribution in [3.05, 3.63) is 0 Å². The molecule has 0 aliphatic carbocycles. The van der Waals surface area contributed by atoms with Crippen molar-refractivity contribution in [1.82, 2.24) is 16.0 Å². The average Bonchev–Trinajstić information content (AvgIpc) is 2.58. The van der Waals surface area contributed by atoms with Gasteiger partial charge in [0, 0.05) is 0 Å². The summed E-state index contributed by atoms with van der Waals surface area (Å²) in [5, 5.41) is 7.91. The van der Waals surface area contributed by atoms with Crippen molar-refractivity contribution in [2.75, 3.05) is 7.11 Å². The number of hydrogen-bond donors (Lipinski definition) is 3. The Morgan fingerprint density at radius 1 is 0.667 bits per heavy atom. The standard InChI is InChI=1S/C21H39N3O6/c1-11(2)14(17(25)23-16(13(5)6)19(27)29-10)22-18(26)15(12(3)4)24-20(28)30-21(7,8)9/h11-16H,1-10H3,(H,22,26)(H,23,25)(H,24,28). The van der Waals surface area contributed by atoms with Crippen molar-refractivity contribution < 1.29 is 28.7 Å². The lowest BCUT2D eigenvalue weighted by Crippen LogP contribution is -2.59. The first-order valence-electron chi connectivity index (χ1n) is 10.3. The van der Waals surface area contributed by atoms with E-state index in [4.69, 9.17) is 9.47 Å². The number of methoxy groups -OCH3 is 1. The zero-order chi connectivity index (χ0) is 23.8. The summed E-state index contributed by atoms with van der Waals surface area (Å²) in [6.45, 7) is 15.8. The second-order valence-electron chi connectivity index (χ2n) is 9.35. The summed E-state index contributed by atoms with van der Waals surface area (Å²) in [5.41, 5.74) is -0.706. The van der Waals surface area contributed by atoms with Crippen LogP contribution in [-0.2, 0) is 23.9 Å². The van der Waals surface area contributed by atoms with Gasteiger partial charge in [0.1, 0.15) is 23.7 Å². The summed E-state index contributed by atoms with van der Waals surface area (Å²) in [4.78, 5) is 49.7. The molecule has 0 rings (SSSR count). The van der Waals surface area contributed by atoms with Crippen LogP contribution in [0.4, 0.5) is 4.79 Å². The van der Waals surface area contributed by atoms with E-state index in [1.54, 1.807) is 62.3 Å². The van der Waals surface area contributed by atoms with Crippen LogP contribution in [0.15, 0.2) is 0 Å². The Morgan fingerprint density at radius 3 is 1.37 bits per heavy atom. The maximum Gasteiger partial charge on any atom is 0.408 e. The van der Waals surface area contributed by atoms with Crippen LogP contribution in [0.3, 0.4) is 0 Å². The molecule has 30 heavy (non-hydrogen) atoms. The minimum atomic E-state index is -0.898. The molecule has 3 amide bonds. The molecule has 0 aliphatic rings. The van der Waals surface area contributed by atoms with E-state index in [2.05, 4.69) is 16.0 Å². The molecule has 0 saturated carbocycles. The van der Waals surface area contributed by atoms with Crippen LogP contribution in [0.1, 0.15) is 62.3 Å². The SMILES string of the molecule is COC(=O)C(NC(=O)C(NC(=O)C(NC(=O)OC(C)(C)C)C(C)C)C(C)C)C(C)C. The molecule has 0 heterocycles. The van der Waals surface area contributed by atoms with E-state index in [-0.39, 0.29) is 17.8 Å². The first-order chi connectivity index (χ1) is 13.6. The van der Waals surface area contributed by atoms with Crippen LogP contribution in [0.25, 0.3) is 0 Å². The number of carbonyl (C=O) groups is 4. The van der Waals surface area contributed by atoms with Gasteiger partial charge in [-0.1, -0.05) is 41.5 Å². The molecule has 3 atom stereocenters. The molecule has 0 aliphatic heterocycles. The normalized spacial score (nSPS) is 14.7. The van der Waals surface area contributed by atoms with Crippen LogP contribution in [0.5, 0.6) is 0 Å². The number of hydrogen-bond acceptors (Lipinski definition) is 6. The van der Waals surface area contributed by atoms with Crippen molar-refractivity contribution in [1.29, 1.82) is 0 Å². The van der Waals surface area contributed by atoms with Gasteiger partial charge in [0.25, 0.3) is 0 Å². The highest BCUT2D eigenvalue weighted by molar-refractivity contribution is 5.93. The monoisotopic (exact) mass is 429 g/mol. The largest absolute Gasteiger partial charge is 0.467 e. The van der Waals surface area contributed by atoms with Gasteiger partial charge < -0.3 is 25.4 Å². The van der Waals surface area contributed by atoms with Crippen molar-refractivity contribution in [2.24, 2.45) is 17.8 Å². The van der Waals surface area contributed by atoms with E-state index < -0.39 is 47.6 Å². The van der Waals surface area contributed by atoms with Gasteiger partial charge in [-0.15, -0.1) is 0 Å². The summed E-state index contributed by atoms with van der Waals surface area (Å²) in [7, 11) is 1.25. The lowest BCUT2D eigenvalue weighted by atomic mass is 9.98. The van der Waals surface area contributed by atoms with Crippen LogP contribution in [-0.4, -0.2) is 54.7 Å². The van der Waals surface area contributed by atoms with Crippen molar-refractivity contribution in [2.45, 2.75) is 86.0 Å². The first-order valence-corrected chi connectivity index (χ1v) is 10.3. The summed E-state index contributed by atoms with van der Waals surface area (Å²) in [6.07, 6.45) is -0.715. The highest BCUT2D eigenvalue weighted by atomic mass is 16.6. The summed E-state index contributed by atoms with van der Waals surface area (Å²) >= 11 is 0. The molecule has 3 N–H and O–H groups in total. The number of carbonyl (C=O) groups excluding carboxylic acids is 4. The molecular weight excluding hydrogens is 390 g/mol. The number of nitrogens with one attached hydrogen (secondary N) is 3. The average molecular weight is 430 g/mol. The molecule has 9 nitrogen and oxygen atoms in total. The highest BCUT2D eigenvalue weighted by Gasteiger charge is 2.34. The second kappa shape index (κ2) is 11.8. The van der Waals surface area contributed by atoms with Gasteiger partial charge in [-0.2, -0.15) is 0 Å². The minimum absolute atomic E-state index is 0.192. The van der Waals surface area contributed by atoms with Crippen molar-refractivity contribution in [3.8, 4) is 0 Å². The lowest BCUT2D eigenvalue weighted by Gasteiger charge is -2.29. The molecule has 174 valence electrons. The molecule has 0 aromatic carbocycles. The van der Waals surface area contributed by atoms with E-state index in [0.29, 0.717) is 0 Å². The fraction of sp³-hybridized carbons (Fsp3) is 0.810. The van der Waals surface area contributed by atoms with Crippen LogP contribution >= 0.6 is 0 Å². The van der Waals surface area contributed by atoms with Crippen LogP contribution in [0, 0.1) is 17.8 Å². The predicted octanol–water partition coefficient (Wildman–Crippen LogP) is 1.99. The Morgan fingerprint density at radius 2 is 1.03 bits per heavy atom. The lowest BCUT2D eigenvalue weighted by molar-refractivity contribution is -0.146. The van der Waals surface area contributed by atoms with Gasteiger partial charge in [-0.25, -0.2) is 9.59 Å². The van der Waals surface area contributed by atoms with E-state index in [1.807, 2.05) is 0 Å². The number of rotatable bonds is 9. The Balaban J connectivity index is 5.37. The molecule has 0 aromatic heterocycles. The molecule has 0 saturated heterocycles. The molecule has 0 radical (unpaired) electrons. The van der Waals surface area contributed by atoms with Crippen molar-refractivity contribution in [3.63, 3.8) is 0 Å². The molecule has 9 heteroatoms. The third-order valence-electron chi connectivity index (χ3n) is 4.29.